The van der Waals surface area contributed by atoms with Gasteiger partial charge in [-0.15, -0.1) is 0 Å². The second-order valence-electron chi connectivity index (χ2n) is 4.04. The number of hydrogen-bond acceptors (Lipinski definition) is 3. The maximum atomic E-state index is 4.37. The van der Waals surface area contributed by atoms with Crippen LogP contribution in [0.2, 0.25) is 0 Å². The molecule has 1 aliphatic rings. The molecule has 0 aromatic carbocycles. The number of rotatable bonds is 2. The van der Waals surface area contributed by atoms with E-state index < -0.39 is 0 Å². The standard InChI is InChI=1S/C15H13N3/c1-4-10-18(11-5-1)13-7-9-17-15(12-13)14-6-2-3-8-16-14/h1-10,12H,11H2. The Morgan fingerprint density at radius 2 is 1.89 bits per heavy atom. The summed E-state index contributed by atoms with van der Waals surface area (Å²) in [5.41, 5.74) is 2.93. The number of pyridine rings is 2. The Balaban J connectivity index is 1.94. The highest BCUT2D eigenvalue weighted by atomic mass is 15.1. The van der Waals surface area contributed by atoms with Gasteiger partial charge >= 0.3 is 0 Å². The summed E-state index contributed by atoms with van der Waals surface area (Å²) < 4.78 is 0. The van der Waals surface area contributed by atoms with Crippen LogP contribution in [0.25, 0.3) is 11.4 Å². The summed E-state index contributed by atoms with van der Waals surface area (Å²) in [6.07, 6.45) is 11.9. The molecule has 3 rings (SSSR count). The van der Waals surface area contributed by atoms with E-state index in [1.807, 2.05) is 36.5 Å². The van der Waals surface area contributed by atoms with Crippen molar-refractivity contribution in [3.63, 3.8) is 0 Å². The summed E-state index contributed by atoms with van der Waals surface area (Å²) in [6.45, 7) is 0.891. The van der Waals surface area contributed by atoms with Crippen molar-refractivity contribution in [1.29, 1.82) is 0 Å². The fourth-order valence-corrected chi connectivity index (χ4v) is 1.91. The Bertz CT molecular complexity index is 588. The van der Waals surface area contributed by atoms with Crippen molar-refractivity contribution >= 4 is 5.69 Å². The molecule has 3 nitrogen and oxygen atoms in total. The second kappa shape index (κ2) is 4.84. The van der Waals surface area contributed by atoms with Crippen molar-refractivity contribution in [3.05, 3.63) is 67.2 Å². The molecular formula is C15H13N3. The van der Waals surface area contributed by atoms with Crippen LogP contribution in [-0.2, 0) is 0 Å². The van der Waals surface area contributed by atoms with Gasteiger partial charge in [0.15, 0.2) is 0 Å². The normalized spacial score (nSPS) is 13.9. The SMILES string of the molecule is C1=CCN(c2ccnc(-c3ccccn3)c2)C=C1. The van der Waals surface area contributed by atoms with Crippen molar-refractivity contribution in [2.45, 2.75) is 0 Å². The van der Waals surface area contributed by atoms with Gasteiger partial charge in [0.1, 0.15) is 0 Å². The number of anilines is 1. The van der Waals surface area contributed by atoms with Crippen LogP contribution in [-0.4, -0.2) is 16.5 Å². The molecule has 0 fully saturated rings. The third-order valence-electron chi connectivity index (χ3n) is 2.82. The van der Waals surface area contributed by atoms with E-state index in [9.17, 15) is 0 Å². The average Bonchev–Trinajstić information content (AvgIpc) is 2.49. The van der Waals surface area contributed by atoms with Crippen LogP contribution in [0.15, 0.2) is 67.2 Å². The molecule has 0 atom stereocenters. The van der Waals surface area contributed by atoms with Crippen LogP contribution in [0.1, 0.15) is 0 Å². The zero-order valence-corrected chi connectivity index (χ0v) is 9.90. The number of allylic oxidation sites excluding steroid dienone is 2. The molecule has 88 valence electrons. The summed E-state index contributed by atoms with van der Waals surface area (Å²) in [5.74, 6) is 0. The summed E-state index contributed by atoms with van der Waals surface area (Å²) in [5, 5.41) is 0. The monoisotopic (exact) mass is 235 g/mol. The Morgan fingerprint density at radius 1 is 0.944 bits per heavy atom. The van der Waals surface area contributed by atoms with Gasteiger partial charge in [-0.05, 0) is 30.3 Å². The minimum Gasteiger partial charge on any atom is -0.344 e. The molecule has 3 heteroatoms. The topological polar surface area (TPSA) is 29.0 Å². The van der Waals surface area contributed by atoms with E-state index in [0.717, 1.165) is 23.6 Å². The van der Waals surface area contributed by atoms with E-state index in [1.54, 1.807) is 6.20 Å². The van der Waals surface area contributed by atoms with Crippen molar-refractivity contribution in [3.8, 4) is 11.4 Å². The van der Waals surface area contributed by atoms with Crippen molar-refractivity contribution < 1.29 is 0 Å². The smallest absolute Gasteiger partial charge is 0.0906 e. The first-order valence-corrected chi connectivity index (χ1v) is 5.91. The van der Waals surface area contributed by atoms with Gasteiger partial charge in [0, 0.05) is 30.8 Å². The van der Waals surface area contributed by atoms with E-state index in [-0.39, 0.29) is 0 Å². The predicted molar refractivity (Wildman–Crippen MR) is 73.1 cm³/mol. The van der Waals surface area contributed by atoms with Gasteiger partial charge in [-0.25, -0.2) is 0 Å². The second-order valence-corrected chi connectivity index (χ2v) is 4.04. The van der Waals surface area contributed by atoms with E-state index >= 15 is 0 Å². The van der Waals surface area contributed by atoms with Crippen molar-refractivity contribution in [2.75, 3.05) is 11.4 Å². The molecule has 18 heavy (non-hydrogen) atoms. The Kier molecular flexibility index (Phi) is 2.88. The number of nitrogens with zero attached hydrogens (tertiary/aromatic N) is 3. The molecular weight excluding hydrogens is 222 g/mol. The summed E-state index contributed by atoms with van der Waals surface area (Å²) >= 11 is 0. The van der Waals surface area contributed by atoms with Crippen LogP contribution in [0.4, 0.5) is 5.69 Å². The predicted octanol–water partition coefficient (Wildman–Crippen LogP) is 3.03. The van der Waals surface area contributed by atoms with Gasteiger partial charge in [0.25, 0.3) is 0 Å². The lowest BCUT2D eigenvalue weighted by molar-refractivity contribution is 1.07. The molecule has 2 aromatic rings. The van der Waals surface area contributed by atoms with Crippen LogP contribution in [0.5, 0.6) is 0 Å². The van der Waals surface area contributed by atoms with E-state index in [2.05, 4.69) is 39.3 Å². The number of aromatic nitrogens is 2. The highest BCUT2D eigenvalue weighted by Crippen LogP contribution is 2.21. The fourth-order valence-electron chi connectivity index (χ4n) is 1.91. The minimum atomic E-state index is 0.891. The maximum Gasteiger partial charge on any atom is 0.0906 e. The van der Waals surface area contributed by atoms with E-state index in [1.165, 1.54) is 0 Å². The van der Waals surface area contributed by atoms with Gasteiger partial charge < -0.3 is 4.90 Å². The molecule has 0 unspecified atom stereocenters. The summed E-state index contributed by atoms with van der Waals surface area (Å²) in [6, 6.07) is 9.92. The van der Waals surface area contributed by atoms with Gasteiger partial charge in [-0.1, -0.05) is 18.2 Å². The minimum absolute atomic E-state index is 0.891. The molecule has 0 aliphatic carbocycles. The quantitative estimate of drug-likeness (QED) is 0.801. The molecule has 1 aliphatic heterocycles. The van der Waals surface area contributed by atoms with Gasteiger partial charge in [0.2, 0.25) is 0 Å². The summed E-state index contributed by atoms with van der Waals surface area (Å²) in [4.78, 5) is 10.9. The molecule has 0 spiro atoms. The maximum absolute atomic E-state index is 4.37. The average molecular weight is 235 g/mol. The summed E-state index contributed by atoms with van der Waals surface area (Å²) in [7, 11) is 0. The molecule has 0 saturated heterocycles. The molecule has 2 aromatic heterocycles. The lowest BCUT2D eigenvalue weighted by Crippen LogP contribution is -2.17. The highest BCUT2D eigenvalue weighted by molar-refractivity contribution is 5.62. The molecule has 0 saturated carbocycles. The van der Waals surface area contributed by atoms with Crippen LogP contribution < -0.4 is 4.90 Å². The molecule has 0 radical (unpaired) electrons. The van der Waals surface area contributed by atoms with Crippen molar-refractivity contribution in [2.24, 2.45) is 0 Å². The first-order valence-electron chi connectivity index (χ1n) is 5.91. The zero-order valence-electron chi connectivity index (χ0n) is 9.90. The van der Waals surface area contributed by atoms with Crippen LogP contribution in [0, 0.1) is 0 Å². The van der Waals surface area contributed by atoms with Crippen LogP contribution in [0.3, 0.4) is 0 Å². The molecule has 0 amide bonds. The van der Waals surface area contributed by atoms with Gasteiger partial charge in [0.05, 0.1) is 11.4 Å². The van der Waals surface area contributed by atoms with Crippen molar-refractivity contribution in [1.82, 2.24) is 9.97 Å². The Hall–Kier alpha value is -2.42. The van der Waals surface area contributed by atoms with Gasteiger partial charge in [-0.3, -0.25) is 9.97 Å². The lowest BCUT2D eigenvalue weighted by atomic mass is 10.2. The first kappa shape index (κ1) is 10.7. The highest BCUT2D eigenvalue weighted by Gasteiger charge is 2.06. The van der Waals surface area contributed by atoms with E-state index in [4.69, 9.17) is 0 Å². The molecule has 0 bridgehead atoms. The first-order chi connectivity index (χ1) is 8.93. The van der Waals surface area contributed by atoms with Gasteiger partial charge in [-0.2, -0.15) is 0 Å². The van der Waals surface area contributed by atoms with E-state index in [0.29, 0.717) is 0 Å². The third-order valence-corrected chi connectivity index (χ3v) is 2.82. The Labute approximate surface area is 106 Å². The lowest BCUT2D eigenvalue weighted by Gasteiger charge is -2.20. The largest absolute Gasteiger partial charge is 0.344 e. The molecule has 3 heterocycles. The Morgan fingerprint density at radius 3 is 2.67 bits per heavy atom. The fraction of sp³-hybridized carbons (Fsp3) is 0.0667. The third kappa shape index (κ3) is 2.15. The zero-order chi connectivity index (χ0) is 12.2. The molecule has 0 N–H and O–H groups in total. The number of hydrogen-bond donors (Lipinski definition) is 0. The van der Waals surface area contributed by atoms with Crippen LogP contribution >= 0.6 is 0 Å².